The van der Waals surface area contributed by atoms with E-state index in [0.29, 0.717) is 6.04 Å². The second-order valence-electron chi connectivity index (χ2n) is 6.14. The minimum absolute atomic E-state index is 0.160. The number of aryl methyl sites for hydroxylation is 1. The van der Waals surface area contributed by atoms with Crippen LogP contribution in [0.25, 0.3) is 0 Å². The number of nitrogens with one attached hydrogen (secondary N) is 1. The lowest BCUT2D eigenvalue weighted by Gasteiger charge is -2.09. The summed E-state index contributed by atoms with van der Waals surface area (Å²) in [6, 6.07) is 7.07. The Morgan fingerprint density at radius 2 is 2.29 bits per heavy atom. The molecule has 1 aromatic heterocycles. The van der Waals surface area contributed by atoms with E-state index in [1.165, 1.54) is 24.0 Å². The number of hydrogen-bond donors (Lipinski definition) is 1. The zero-order valence-corrected chi connectivity index (χ0v) is 12.2. The maximum atomic E-state index is 5.98. The Morgan fingerprint density at radius 1 is 1.38 bits per heavy atom. The molecule has 1 atom stereocenters. The topological polar surface area (TPSA) is 52.0 Å². The highest BCUT2D eigenvalue weighted by Crippen LogP contribution is 2.30. The average Bonchev–Trinajstić information content (AvgIpc) is 3.05. The first-order valence-electron chi connectivity index (χ1n) is 7.65. The summed E-state index contributed by atoms with van der Waals surface area (Å²) in [6.07, 6.45) is 5.72. The van der Waals surface area contributed by atoms with Crippen molar-refractivity contribution < 1.29 is 4.74 Å². The summed E-state index contributed by atoms with van der Waals surface area (Å²) in [4.78, 5) is 0. The standard InChI is InChI=1S/C16H20N4O/c1-11-2-5-16-12(6-11)7-15(21-16)10-20-9-14(18-19-20)8-17-13-3-4-13/h2,5-6,9,13,15,17H,3-4,7-8,10H2,1H3. The molecule has 110 valence electrons. The number of hydrogen-bond acceptors (Lipinski definition) is 4. The highest BCUT2D eigenvalue weighted by molar-refractivity contribution is 5.40. The van der Waals surface area contributed by atoms with Crippen LogP contribution in [0, 0.1) is 6.92 Å². The first-order chi connectivity index (χ1) is 10.3. The van der Waals surface area contributed by atoms with Gasteiger partial charge in [-0.3, -0.25) is 0 Å². The number of ether oxygens (including phenoxy) is 1. The summed E-state index contributed by atoms with van der Waals surface area (Å²) in [5, 5.41) is 11.9. The van der Waals surface area contributed by atoms with Crippen molar-refractivity contribution in [3.8, 4) is 5.75 Å². The van der Waals surface area contributed by atoms with Gasteiger partial charge in [0.1, 0.15) is 11.9 Å². The van der Waals surface area contributed by atoms with Crippen molar-refractivity contribution >= 4 is 0 Å². The molecule has 1 saturated carbocycles. The predicted octanol–water partition coefficient (Wildman–Crippen LogP) is 1.84. The number of fused-ring (bicyclic) bond motifs is 1. The highest BCUT2D eigenvalue weighted by atomic mass is 16.5. The Labute approximate surface area is 124 Å². The van der Waals surface area contributed by atoms with Gasteiger partial charge in [-0.25, -0.2) is 4.68 Å². The lowest BCUT2D eigenvalue weighted by Crippen LogP contribution is -2.21. The Kier molecular flexibility index (Phi) is 3.15. The first kappa shape index (κ1) is 12.8. The molecule has 2 aliphatic rings. The zero-order valence-electron chi connectivity index (χ0n) is 12.2. The fourth-order valence-corrected chi connectivity index (χ4v) is 2.80. The van der Waals surface area contributed by atoms with Crippen molar-refractivity contribution in [3.05, 3.63) is 41.2 Å². The minimum Gasteiger partial charge on any atom is -0.488 e. The monoisotopic (exact) mass is 284 g/mol. The summed E-state index contributed by atoms with van der Waals surface area (Å²) >= 11 is 0. The molecule has 1 unspecified atom stereocenters. The summed E-state index contributed by atoms with van der Waals surface area (Å²) in [7, 11) is 0. The van der Waals surface area contributed by atoms with Crippen LogP contribution in [0.15, 0.2) is 24.4 Å². The van der Waals surface area contributed by atoms with E-state index in [9.17, 15) is 0 Å². The van der Waals surface area contributed by atoms with Gasteiger partial charge in [0, 0.05) is 25.2 Å². The van der Waals surface area contributed by atoms with Gasteiger partial charge in [-0.05, 0) is 31.4 Å². The average molecular weight is 284 g/mol. The molecule has 0 saturated heterocycles. The molecule has 0 radical (unpaired) electrons. The molecule has 0 spiro atoms. The van der Waals surface area contributed by atoms with Gasteiger partial charge in [0.15, 0.2) is 0 Å². The van der Waals surface area contributed by atoms with Crippen molar-refractivity contribution in [1.29, 1.82) is 0 Å². The van der Waals surface area contributed by atoms with Crippen molar-refractivity contribution in [3.63, 3.8) is 0 Å². The highest BCUT2D eigenvalue weighted by Gasteiger charge is 2.24. The summed E-state index contributed by atoms with van der Waals surface area (Å²) in [6.45, 7) is 3.68. The predicted molar refractivity (Wildman–Crippen MR) is 79.2 cm³/mol. The van der Waals surface area contributed by atoms with E-state index in [1.807, 2.05) is 10.9 Å². The zero-order chi connectivity index (χ0) is 14.2. The van der Waals surface area contributed by atoms with Gasteiger partial charge in [-0.2, -0.15) is 0 Å². The second kappa shape index (κ2) is 5.15. The maximum Gasteiger partial charge on any atom is 0.123 e. The molecule has 1 aromatic carbocycles. The molecule has 1 aliphatic carbocycles. The molecular weight excluding hydrogens is 264 g/mol. The number of nitrogens with zero attached hydrogens (tertiary/aromatic N) is 3. The Balaban J connectivity index is 1.36. The Bertz CT molecular complexity index is 647. The number of aromatic nitrogens is 3. The summed E-state index contributed by atoms with van der Waals surface area (Å²) in [5.74, 6) is 1.02. The van der Waals surface area contributed by atoms with Crippen molar-refractivity contribution in [2.45, 2.75) is 51.4 Å². The van der Waals surface area contributed by atoms with Gasteiger partial charge < -0.3 is 10.1 Å². The second-order valence-corrected chi connectivity index (χ2v) is 6.14. The van der Waals surface area contributed by atoms with E-state index >= 15 is 0 Å². The molecule has 5 nitrogen and oxygen atoms in total. The molecule has 2 aromatic rings. The van der Waals surface area contributed by atoms with E-state index in [-0.39, 0.29) is 6.10 Å². The van der Waals surface area contributed by atoms with Crippen LogP contribution in [0.3, 0.4) is 0 Å². The van der Waals surface area contributed by atoms with Crippen LogP contribution < -0.4 is 10.1 Å². The van der Waals surface area contributed by atoms with Gasteiger partial charge in [0.2, 0.25) is 0 Å². The third-order valence-electron chi connectivity index (χ3n) is 4.08. The number of benzene rings is 1. The van der Waals surface area contributed by atoms with Crippen LogP contribution >= 0.6 is 0 Å². The van der Waals surface area contributed by atoms with Crippen molar-refractivity contribution in [2.75, 3.05) is 0 Å². The number of rotatable bonds is 5. The van der Waals surface area contributed by atoms with Crippen LogP contribution in [0.1, 0.15) is 29.7 Å². The van der Waals surface area contributed by atoms with Gasteiger partial charge in [0.25, 0.3) is 0 Å². The Hall–Kier alpha value is -1.88. The van der Waals surface area contributed by atoms with Gasteiger partial charge >= 0.3 is 0 Å². The molecular formula is C16H20N4O. The van der Waals surface area contributed by atoms with E-state index in [4.69, 9.17) is 4.74 Å². The van der Waals surface area contributed by atoms with Crippen molar-refractivity contribution in [1.82, 2.24) is 20.3 Å². The summed E-state index contributed by atoms with van der Waals surface area (Å²) in [5.41, 5.74) is 3.59. The van der Waals surface area contributed by atoms with E-state index in [0.717, 1.165) is 31.0 Å². The largest absolute Gasteiger partial charge is 0.488 e. The minimum atomic E-state index is 0.160. The van der Waals surface area contributed by atoms with Crippen LogP contribution in [0.4, 0.5) is 0 Å². The van der Waals surface area contributed by atoms with Crippen molar-refractivity contribution in [2.24, 2.45) is 0 Å². The first-order valence-corrected chi connectivity index (χ1v) is 7.65. The lowest BCUT2D eigenvalue weighted by molar-refractivity contribution is 0.202. The smallest absolute Gasteiger partial charge is 0.123 e. The van der Waals surface area contributed by atoms with Crippen LogP contribution in [0.5, 0.6) is 5.75 Å². The third kappa shape index (κ3) is 2.93. The van der Waals surface area contributed by atoms with Gasteiger partial charge in [-0.15, -0.1) is 5.10 Å². The molecule has 1 fully saturated rings. The van der Waals surface area contributed by atoms with E-state index in [2.05, 4.69) is 40.8 Å². The molecule has 1 aliphatic heterocycles. The third-order valence-corrected chi connectivity index (χ3v) is 4.08. The van der Waals surface area contributed by atoms with Crippen LogP contribution in [0.2, 0.25) is 0 Å². The maximum absolute atomic E-state index is 5.98. The van der Waals surface area contributed by atoms with E-state index < -0.39 is 0 Å². The molecule has 2 heterocycles. The molecule has 0 bridgehead atoms. The van der Waals surface area contributed by atoms with E-state index in [1.54, 1.807) is 0 Å². The fraction of sp³-hybridized carbons (Fsp3) is 0.500. The molecule has 0 amide bonds. The fourth-order valence-electron chi connectivity index (χ4n) is 2.80. The van der Waals surface area contributed by atoms with Crippen LogP contribution in [-0.2, 0) is 19.5 Å². The normalized spacial score (nSPS) is 20.3. The van der Waals surface area contributed by atoms with Gasteiger partial charge in [0.05, 0.1) is 12.2 Å². The Morgan fingerprint density at radius 3 is 3.14 bits per heavy atom. The molecule has 5 heteroatoms. The molecule has 21 heavy (non-hydrogen) atoms. The molecule has 4 rings (SSSR count). The van der Waals surface area contributed by atoms with Gasteiger partial charge in [-0.1, -0.05) is 22.9 Å². The van der Waals surface area contributed by atoms with Crippen LogP contribution in [-0.4, -0.2) is 27.1 Å². The lowest BCUT2D eigenvalue weighted by atomic mass is 10.1. The summed E-state index contributed by atoms with van der Waals surface area (Å²) < 4.78 is 7.88. The quantitative estimate of drug-likeness (QED) is 0.910. The molecule has 1 N–H and O–H groups in total. The SMILES string of the molecule is Cc1ccc2c(c1)CC(Cn1cc(CNC3CC3)nn1)O2.